The van der Waals surface area contributed by atoms with Crippen LogP contribution in [0.25, 0.3) is 0 Å². The molecule has 0 amide bonds. The highest BCUT2D eigenvalue weighted by molar-refractivity contribution is 7.89. The Bertz CT molecular complexity index is 408. The summed E-state index contributed by atoms with van der Waals surface area (Å²) in [5.74, 6) is 0.459. The molecule has 0 aliphatic heterocycles. The van der Waals surface area contributed by atoms with E-state index in [1.54, 1.807) is 31.6 Å². The van der Waals surface area contributed by atoms with Crippen LogP contribution in [0.3, 0.4) is 0 Å². The van der Waals surface area contributed by atoms with Crippen molar-refractivity contribution in [3.8, 4) is 0 Å². The number of pyridine rings is 1. The summed E-state index contributed by atoms with van der Waals surface area (Å²) < 4.78 is 24.8. The number of aromatic nitrogens is 1. The van der Waals surface area contributed by atoms with Gasteiger partial charge >= 0.3 is 0 Å². The first-order valence-corrected chi connectivity index (χ1v) is 7.09. The van der Waals surface area contributed by atoms with Crippen LogP contribution in [-0.2, 0) is 16.6 Å². The molecule has 0 bridgehead atoms. The van der Waals surface area contributed by atoms with Crippen molar-refractivity contribution in [3.63, 3.8) is 0 Å². The molecule has 0 atom stereocenters. The molecule has 90 valence electrons. The molecule has 0 N–H and O–H groups in total. The molecule has 16 heavy (non-hydrogen) atoms. The molecule has 0 unspecified atom stereocenters. The van der Waals surface area contributed by atoms with Gasteiger partial charge in [0.1, 0.15) is 0 Å². The van der Waals surface area contributed by atoms with E-state index in [2.05, 4.69) is 4.98 Å². The standard InChI is InChI=1S/C10H15ClN2O2S/c1-13(16(14,15)8-2-5-11)9-10-3-6-12-7-4-10/h3-4,6-7H,2,5,8-9H2,1H3. The van der Waals surface area contributed by atoms with E-state index in [9.17, 15) is 8.42 Å². The Morgan fingerprint density at radius 1 is 1.38 bits per heavy atom. The molecule has 1 heterocycles. The Morgan fingerprint density at radius 2 is 2.00 bits per heavy atom. The van der Waals surface area contributed by atoms with Gasteiger partial charge in [-0.3, -0.25) is 4.98 Å². The van der Waals surface area contributed by atoms with Crippen LogP contribution in [0.1, 0.15) is 12.0 Å². The minimum Gasteiger partial charge on any atom is -0.265 e. The van der Waals surface area contributed by atoms with Gasteiger partial charge in [0, 0.05) is 31.9 Å². The van der Waals surface area contributed by atoms with E-state index in [0.717, 1.165) is 5.56 Å². The van der Waals surface area contributed by atoms with E-state index in [1.165, 1.54) is 4.31 Å². The van der Waals surface area contributed by atoms with Crippen LogP contribution < -0.4 is 0 Å². The maximum absolute atomic E-state index is 11.7. The Labute approximate surface area is 101 Å². The molecule has 0 aromatic carbocycles. The van der Waals surface area contributed by atoms with Gasteiger partial charge in [0.2, 0.25) is 10.0 Å². The molecule has 0 fully saturated rings. The highest BCUT2D eigenvalue weighted by atomic mass is 35.5. The smallest absolute Gasteiger partial charge is 0.214 e. The molecule has 4 nitrogen and oxygen atoms in total. The minimum absolute atomic E-state index is 0.0953. The van der Waals surface area contributed by atoms with Crippen molar-refractivity contribution >= 4 is 21.6 Å². The highest BCUT2D eigenvalue weighted by Crippen LogP contribution is 2.07. The summed E-state index contributed by atoms with van der Waals surface area (Å²) in [6, 6.07) is 3.60. The quantitative estimate of drug-likeness (QED) is 0.730. The number of alkyl halides is 1. The predicted octanol–water partition coefficient (Wildman–Crippen LogP) is 1.47. The fourth-order valence-corrected chi connectivity index (χ4v) is 2.70. The third-order valence-corrected chi connectivity index (χ3v) is 4.32. The zero-order valence-electron chi connectivity index (χ0n) is 9.13. The van der Waals surface area contributed by atoms with E-state index in [-0.39, 0.29) is 5.75 Å². The summed E-state index contributed by atoms with van der Waals surface area (Å²) in [6.45, 7) is 0.368. The van der Waals surface area contributed by atoms with Crippen LogP contribution in [0.2, 0.25) is 0 Å². The van der Waals surface area contributed by atoms with Crippen molar-refractivity contribution in [1.29, 1.82) is 0 Å². The molecule has 0 aliphatic carbocycles. The molecule has 0 saturated carbocycles. The maximum atomic E-state index is 11.7. The summed E-state index contributed by atoms with van der Waals surface area (Å²) in [7, 11) is -1.62. The van der Waals surface area contributed by atoms with Crippen molar-refractivity contribution in [3.05, 3.63) is 30.1 Å². The van der Waals surface area contributed by atoms with Gasteiger partial charge in [0.05, 0.1) is 5.75 Å². The Balaban J connectivity index is 2.61. The lowest BCUT2D eigenvalue weighted by atomic mass is 10.3. The maximum Gasteiger partial charge on any atom is 0.214 e. The lowest BCUT2D eigenvalue weighted by molar-refractivity contribution is 0.466. The molecule has 1 aromatic heterocycles. The lowest BCUT2D eigenvalue weighted by Crippen LogP contribution is -2.29. The second kappa shape index (κ2) is 6.18. The first-order valence-electron chi connectivity index (χ1n) is 4.95. The van der Waals surface area contributed by atoms with Crippen molar-refractivity contribution in [1.82, 2.24) is 9.29 Å². The Kier molecular flexibility index (Phi) is 5.18. The van der Waals surface area contributed by atoms with Gasteiger partial charge in [0.15, 0.2) is 0 Å². The van der Waals surface area contributed by atoms with Crippen molar-refractivity contribution < 1.29 is 8.42 Å². The van der Waals surface area contributed by atoms with Crippen LogP contribution >= 0.6 is 11.6 Å². The van der Waals surface area contributed by atoms with E-state index in [4.69, 9.17) is 11.6 Å². The number of halogens is 1. The summed E-state index contributed by atoms with van der Waals surface area (Å²) >= 11 is 5.48. The Hall–Kier alpha value is -0.650. The average molecular weight is 263 g/mol. The van der Waals surface area contributed by atoms with Crippen molar-refractivity contribution in [2.24, 2.45) is 0 Å². The number of hydrogen-bond acceptors (Lipinski definition) is 3. The monoisotopic (exact) mass is 262 g/mol. The van der Waals surface area contributed by atoms with Crippen LogP contribution in [0.15, 0.2) is 24.5 Å². The third kappa shape index (κ3) is 4.08. The third-order valence-electron chi connectivity index (χ3n) is 2.17. The molecule has 1 aromatic rings. The second-order valence-corrected chi connectivity index (χ2v) is 6.04. The topological polar surface area (TPSA) is 50.3 Å². The Morgan fingerprint density at radius 3 is 2.56 bits per heavy atom. The predicted molar refractivity (Wildman–Crippen MR) is 64.8 cm³/mol. The first-order chi connectivity index (χ1) is 7.56. The minimum atomic E-state index is -3.19. The van der Waals surface area contributed by atoms with Gasteiger partial charge in [-0.25, -0.2) is 12.7 Å². The lowest BCUT2D eigenvalue weighted by Gasteiger charge is -2.16. The van der Waals surface area contributed by atoms with E-state index < -0.39 is 10.0 Å². The van der Waals surface area contributed by atoms with Gasteiger partial charge in [-0.15, -0.1) is 11.6 Å². The van der Waals surface area contributed by atoms with Gasteiger partial charge < -0.3 is 0 Å². The van der Waals surface area contributed by atoms with Gasteiger partial charge in [0.25, 0.3) is 0 Å². The van der Waals surface area contributed by atoms with Gasteiger partial charge in [-0.1, -0.05) is 0 Å². The van der Waals surface area contributed by atoms with Crippen LogP contribution in [0.4, 0.5) is 0 Å². The number of sulfonamides is 1. The fraction of sp³-hybridized carbons (Fsp3) is 0.500. The number of nitrogens with zero attached hydrogens (tertiary/aromatic N) is 2. The second-order valence-electron chi connectivity index (χ2n) is 3.47. The van der Waals surface area contributed by atoms with Gasteiger partial charge in [-0.2, -0.15) is 0 Å². The van der Waals surface area contributed by atoms with Gasteiger partial charge in [-0.05, 0) is 24.1 Å². The van der Waals surface area contributed by atoms with Crippen molar-refractivity contribution in [2.75, 3.05) is 18.7 Å². The molecule has 0 radical (unpaired) electrons. The number of rotatable bonds is 6. The highest BCUT2D eigenvalue weighted by Gasteiger charge is 2.17. The summed E-state index contributed by atoms with van der Waals surface area (Å²) in [4.78, 5) is 3.88. The fourth-order valence-electron chi connectivity index (χ4n) is 1.24. The molecule has 6 heteroatoms. The van der Waals surface area contributed by atoms with Crippen LogP contribution in [0.5, 0.6) is 0 Å². The summed E-state index contributed by atoms with van der Waals surface area (Å²) in [5, 5.41) is 0. The van der Waals surface area contributed by atoms with E-state index in [0.29, 0.717) is 18.8 Å². The molecule has 0 aliphatic rings. The largest absolute Gasteiger partial charge is 0.265 e. The zero-order valence-corrected chi connectivity index (χ0v) is 10.7. The van der Waals surface area contributed by atoms with Crippen molar-refractivity contribution in [2.45, 2.75) is 13.0 Å². The average Bonchev–Trinajstić information content (AvgIpc) is 2.28. The summed E-state index contributed by atoms with van der Waals surface area (Å²) in [6.07, 6.45) is 3.77. The van der Waals surface area contributed by atoms with Crippen LogP contribution in [-0.4, -0.2) is 36.4 Å². The number of hydrogen-bond donors (Lipinski definition) is 0. The normalized spacial score (nSPS) is 11.9. The van der Waals surface area contributed by atoms with Crippen LogP contribution in [0, 0.1) is 0 Å². The SMILES string of the molecule is CN(Cc1ccncc1)S(=O)(=O)CCCCl. The first kappa shape index (κ1) is 13.4. The molecule has 0 spiro atoms. The zero-order chi connectivity index (χ0) is 12.0. The van der Waals surface area contributed by atoms with E-state index >= 15 is 0 Å². The molecular formula is C10H15ClN2O2S. The molecule has 1 rings (SSSR count). The molecular weight excluding hydrogens is 248 g/mol. The summed E-state index contributed by atoms with van der Waals surface area (Å²) in [5.41, 5.74) is 0.923. The van der Waals surface area contributed by atoms with E-state index in [1.807, 2.05) is 0 Å². The molecule has 0 saturated heterocycles.